The van der Waals surface area contributed by atoms with Gasteiger partial charge in [0.25, 0.3) is 5.69 Å². The summed E-state index contributed by atoms with van der Waals surface area (Å²) in [5.74, 6) is -3.14. The van der Waals surface area contributed by atoms with Gasteiger partial charge in [-0.1, -0.05) is 49.4 Å². The minimum absolute atomic E-state index is 0.00927. The first kappa shape index (κ1) is 28.2. The molecule has 0 saturated heterocycles. The summed E-state index contributed by atoms with van der Waals surface area (Å²) in [5, 5.41) is 20.1. The highest BCUT2D eigenvalue weighted by Crippen LogP contribution is 2.42. The Kier molecular flexibility index (Phi) is 10.3. The Balaban J connectivity index is 2.12. The van der Waals surface area contributed by atoms with Crippen LogP contribution in [0.4, 0.5) is 5.69 Å². The Bertz CT molecular complexity index is 1250. The Morgan fingerprint density at radius 3 is 2.39 bits per heavy atom. The second-order valence-corrected chi connectivity index (χ2v) is 8.50. The Labute approximate surface area is 220 Å². The SMILES string of the molecule is CCC1=NC(CCOC)=C(C(=O)OCc2ccccc2)C(c2ccc([N+](=O)[O-])cc2)C1C(=O)OCCC#N. The molecule has 0 saturated carbocycles. The second kappa shape index (κ2) is 13.8. The fourth-order valence-corrected chi connectivity index (χ4v) is 4.30. The third-order valence-electron chi connectivity index (χ3n) is 6.11. The van der Waals surface area contributed by atoms with Crippen molar-refractivity contribution in [3.63, 3.8) is 0 Å². The molecule has 0 N–H and O–H groups in total. The lowest BCUT2D eigenvalue weighted by atomic mass is 9.74. The van der Waals surface area contributed by atoms with Crippen molar-refractivity contribution in [1.82, 2.24) is 0 Å². The number of ether oxygens (including phenoxy) is 3. The predicted octanol–water partition coefficient (Wildman–Crippen LogP) is 4.65. The molecule has 198 valence electrons. The van der Waals surface area contributed by atoms with E-state index in [2.05, 4.69) is 4.99 Å². The zero-order chi connectivity index (χ0) is 27.5. The van der Waals surface area contributed by atoms with Gasteiger partial charge in [-0.3, -0.25) is 19.9 Å². The first-order valence-corrected chi connectivity index (χ1v) is 12.2. The Morgan fingerprint density at radius 2 is 1.79 bits per heavy atom. The molecule has 0 aromatic heterocycles. The van der Waals surface area contributed by atoms with Crippen molar-refractivity contribution in [3.05, 3.63) is 87.1 Å². The minimum atomic E-state index is -0.981. The second-order valence-electron chi connectivity index (χ2n) is 8.50. The van der Waals surface area contributed by atoms with E-state index < -0.39 is 28.7 Å². The van der Waals surface area contributed by atoms with E-state index in [1.165, 1.54) is 31.4 Å². The number of carbonyl (C=O) groups is 2. The molecule has 2 unspecified atom stereocenters. The Hall–Kier alpha value is -4.36. The molecule has 0 bridgehead atoms. The number of methoxy groups -OCH3 is 1. The van der Waals surface area contributed by atoms with Crippen LogP contribution in [0.5, 0.6) is 0 Å². The van der Waals surface area contributed by atoms with Gasteiger partial charge in [-0.2, -0.15) is 5.26 Å². The van der Waals surface area contributed by atoms with E-state index in [4.69, 9.17) is 19.5 Å². The Morgan fingerprint density at radius 1 is 1.08 bits per heavy atom. The van der Waals surface area contributed by atoms with Gasteiger partial charge in [0, 0.05) is 37.3 Å². The molecule has 0 amide bonds. The highest BCUT2D eigenvalue weighted by atomic mass is 16.6. The molecule has 0 spiro atoms. The van der Waals surface area contributed by atoms with E-state index in [1.807, 2.05) is 43.3 Å². The van der Waals surface area contributed by atoms with Gasteiger partial charge in [0.1, 0.15) is 19.1 Å². The number of nitro benzene ring substituents is 1. The van der Waals surface area contributed by atoms with Crippen molar-refractivity contribution in [3.8, 4) is 6.07 Å². The van der Waals surface area contributed by atoms with Gasteiger partial charge >= 0.3 is 11.9 Å². The lowest BCUT2D eigenvalue weighted by molar-refractivity contribution is -0.384. The number of rotatable bonds is 12. The van der Waals surface area contributed by atoms with Gasteiger partial charge in [-0.05, 0) is 17.5 Å². The lowest BCUT2D eigenvalue weighted by Gasteiger charge is -2.33. The molecule has 1 aliphatic rings. The van der Waals surface area contributed by atoms with E-state index in [9.17, 15) is 19.7 Å². The summed E-state index contributed by atoms with van der Waals surface area (Å²) in [6, 6.07) is 16.8. The number of hydrogen-bond donors (Lipinski definition) is 0. The molecule has 0 aliphatic carbocycles. The van der Waals surface area contributed by atoms with Crippen LogP contribution in [0.3, 0.4) is 0 Å². The van der Waals surface area contributed by atoms with Crippen LogP contribution in [0.2, 0.25) is 0 Å². The van der Waals surface area contributed by atoms with Crippen molar-refractivity contribution in [2.75, 3.05) is 20.3 Å². The summed E-state index contributed by atoms with van der Waals surface area (Å²) in [5.41, 5.74) is 2.26. The van der Waals surface area contributed by atoms with E-state index in [0.29, 0.717) is 23.4 Å². The van der Waals surface area contributed by atoms with Crippen LogP contribution >= 0.6 is 0 Å². The fraction of sp³-hybridized carbons (Fsp3) is 0.357. The number of nitrogens with zero attached hydrogens (tertiary/aromatic N) is 3. The van der Waals surface area contributed by atoms with Gasteiger partial charge in [0.05, 0.1) is 35.3 Å². The van der Waals surface area contributed by atoms with E-state index in [0.717, 1.165) is 5.56 Å². The standard InChI is InChI=1S/C28H29N3O7/c1-3-22-25(27(32)37-16-7-15-29)24(20-10-12-21(13-11-20)31(34)35)26(23(30-22)14-17-36-2)28(33)38-18-19-8-5-4-6-9-19/h4-6,8-13,24-25H,3,7,14,16-18H2,1-2H3. The highest BCUT2D eigenvalue weighted by Gasteiger charge is 2.44. The number of aliphatic imine (C=N–C) groups is 1. The molecular weight excluding hydrogens is 490 g/mol. The molecule has 0 radical (unpaired) electrons. The van der Waals surface area contributed by atoms with Crippen LogP contribution in [0.25, 0.3) is 0 Å². The van der Waals surface area contributed by atoms with Gasteiger partial charge in [-0.15, -0.1) is 0 Å². The molecule has 10 heteroatoms. The van der Waals surface area contributed by atoms with Crippen molar-refractivity contribution in [2.24, 2.45) is 10.9 Å². The molecule has 2 aromatic carbocycles. The number of esters is 2. The molecule has 2 atom stereocenters. The third kappa shape index (κ3) is 6.89. The number of carbonyl (C=O) groups excluding carboxylic acids is 2. The predicted molar refractivity (Wildman–Crippen MR) is 138 cm³/mol. The summed E-state index contributed by atoms with van der Waals surface area (Å²) in [6.45, 7) is 2.02. The van der Waals surface area contributed by atoms with E-state index >= 15 is 0 Å². The number of non-ortho nitro benzene ring substituents is 1. The largest absolute Gasteiger partial charge is 0.464 e. The minimum Gasteiger partial charge on any atom is -0.464 e. The number of nitro groups is 1. The van der Waals surface area contributed by atoms with Crippen LogP contribution in [-0.2, 0) is 30.4 Å². The lowest BCUT2D eigenvalue weighted by Crippen LogP contribution is -2.38. The normalized spacial score (nSPS) is 16.8. The van der Waals surface area contributed by atoms with Crippen LogP contribution in [0.1, 0.15) is 43.2 Å². The van der Waals surface area contributed by atoms with E-state index in [-0.39, 0.29) is 43.9 Å². The van der Waals surface area contributed by atoms with Crippen molar-refractivity contribution in [2.45, 2.75) is 38.7 Å². The van der Waals surface area contributed by atoms with Crippen LogP contribution in [-0.4, -0.2) is 42.9 Å². The molecular formula is C28H29N3O7. The van der Waals surface area contributed by atoms with Crippen molar-refractivity contribution in [1.29, 1.82) is 5.26 Å². The number of nitriles is 1. The van der Waals surface area contributed by atoms with Crippen molar-refractivity contribution >= 4 is 23.3 Å². The van der Waals surface area contributed by atoms with Gasteiger partial charge in [0.15, 0.2) is 0 Å². The zero-order valence-corrected chi connectivity index (χ0v) is 21.3. The smallest absolute Gasteiger partial charge is 0.336 e. The summed E-state index contributed by atoms with van der Waals surface area (Å²) in [4.78, 5) is 42.4. The quantitative estimate of drug-likeness (QED) is 0.171. The summed E-state index contributed by atoms with van der Waals surface area (Å²) >= 11 is 0. The summed E-state index contributed by atoms with van der Waals surface area (Å²) in [7, 11) is 1.53. The monoisotopic (exact) mass is 519 g/mol. The highest BCUT2D eigenvalue weighted by molar-refractivity contribution is 6.08. The summed E-state index contributed by atoms with van der Waals surface area (Å²) in [6.07, 6.45) is 0.694. The molecule has 1 aliphatic heterocycles. The first-order chi connectivity index (χ1) is 18.4. The maximum absolute atomic E-state index is 13.6. The average molecular weight is 520 g/mol. The van der Waals surface area contributed by atoms with Crippen LogP contribution in [0, 0.1) is 27.4 Å². The maximum Gasteiger partial charge on any atom is 0.336 e. The van der Waals surface area contributed by atoms with Gasteiger partial charge < -0.3 is 14.2 Å². The molecule has 1 heterocycles. The van der Waals surface area contributed by atoms with Crippen LogP contribution in [0.15, 0.2) is 70.9 Å². The molecule has 38 heavy (non-hydrogen) atoms. The molecule has 0 fully saturated rings. The summed E-state index contributed by atoms with van der Waals surface area (Å²) < 4.78 is 16.3. The van der Waals surface area contributed by atoms with E-state index in [1.54, 1.807) is 0 Å². The number of hydrogen-bond acceptors (Lipinski definition) is 9. The fourth-order valence-electron chi connectivity index (χ4n) is 4.30. The van der Waals surface area contributed by atoms with Crippen molar-refractivity contribution < 1.29 is 28.7 Å². The first-order valence-electron chi connectivity index (χ1n) is 12.2. The van der Waals surface area contributed by atoms with Crippen LogP contribution < -0.4 is 0 Å². The zero-order valence-electron chi connectivity index (χ0n) is 21.3. The molecule has 2 aromatic rings. The van der Waals surface area contributed by atoms with Gasteiger partial charge in [-0.25, -0.2) is 4.79 Å². The molecule has 10 nitrogen and oxygen atoms in total. The van der Waals surface area contributed by atoms with Gasteiger partial charge in [0.2, 0.25) is 0 Å². The maximum atomic E-state index is 13.6. The number of benzene rings is 2. The topological polar surface area (TPSA) is 141 Å². The third-order valence-corrected chi connectivity index (χ3v) is 6.11. The average Bonchev–Trinajstić information content (AvgIpc) is 2.94. The molecule has 3 rings (SSSR count).